The molecule has 30 heavy (non-hydrogen) atoms. The summed E-state index contributed by atoms with van der Waals surface area (Å²) in [5.41, 5.74) is 1.53. The summed E-state index contributed by atoms with van der Waals surface area (Å²) < 4.78 is 5.42. The number of aromatic nitrogens is 2. The Labute approximate surface area is 174 Å². The molecule has 2 unspecified atom stereocenters. The van der Waals surface area contributed by atoms with Crippen LogP contribution in [0.25, 0.3) is 11.4 Å². The van der Waals surface area contributed by atoms with E-state index in [1.165, 1.54) is 12.1 Å². The number of nitro groups is 1. The van der Waals surface area contributed by atoms with Gasteiger partial charge in [-0.05, 0) is 17.9 Å². The number of non-ortho nitro benzene ring substituents is 1. The number of carbonyl (C=O) groups excluding carboxylic acids is 1. The molecule has 2 aromatic carbocycles. The second kappa shape index (κ2) is 9.78. The van der Waals surface area contributed by atoms with Gasteiger partial charge in [0.25, 0.3) is 5.69 Å². The van der Waals surface area contributed by atoms with E-state index in [1.54, 1.807) is 12.1 Å². The highest BCUT2D eigenvalue weighted by Crippen LogP contribution is 2.27. The number of hydrogen-bond donors (Lipinski definition) is 1. The quantitative estimate of drug-likeness (QED) is 0.413. The van der Waals surface area contributed by atoms with Crippen LogP contribution in [0.3, 0.4) is 0 Å². The van der Waals surface area contributed by atoms with Gasteiger partial charge in [-0.1, -0.05) is 67.9 Å². The fourth-order valence-corrected chi connectivity index (χ4v) is 3.07. The van der Waals surface area contributed by atoms with Gasteiger partial charge in [0.05, 0.1) is 4.92 Å². The van der Waals surface area contributed by atoms with E-state index >= 15 is 0 Å². The van der Waals surface area contributed by atoms with Gasteiger partial charge in [-0.2, -0.15) is 4.98 Å². The Balaban J connectivity index is 1.73. The molecule has 3 aromatic rings. The van der Waals surface area contributed by atoms with Gasteiger partial charge in [-0.3, -0.25) is 14.9 Å². The normalized spacial score (nSPS) is 12.9. The van der Waals surface area contributed by atoms with Gasteiger partial charge in [0.15, 0.2) is 0 Å². The van der Waals surface area contributed by atoms with Crippen LogP contribution in [0.5, 0.6) is 0 Å². The number of nitrogens with zero attached hydrogens (tertiary/aromatic N) is 3. The van der Waals surface area contributed by atoms with E-state index in [9.17, 15) is 14.9 Å². The van der Waals surface area contributed by atoms with Crippen LogP contribution in [0.1, 0.15) is 44.2 Å². The summed E-state index contributed by atoms with van der Waals surface area (Å²) in [6, 6.07) is 15.4. The predicted octanol–water partition coefficient (Wildman–Crippen LogP) is 4.48. The number of amides is 1. The third kappa shape index (κ3) is 5.28. The third-order valence-electron chi connectivity index (χ3n) is 5.04. The molecule has 0 aliphatic heterocycles. The summed E-state index contributed by atoms with van der Waals surface area (Å²) in [4.78, 5) is 27.5. The Morgan fingerprint density at radius 2 is 1.97 bits per heavy atom. The molecule has 0 aliphatic carbocycles. The maximum absolute atomic E-state index is 12.5. The molecule has 1 aromatic heterocycles. The fraction of sp³-hybridized carbons (Fsp3) is 0.318. The highest BCUT2D eigenvalue weighted by Gasteiger charge is 2.26. The molecule has 0 saturated heterocycles. The first kappa shape index (κ1) is 21.2. The maximum atomic E-state index is 12.5. The Kier molecular flexibility index (Phi) is 6.90. The minimum atomic E-state index is -0.473. The lowest BCUT2D eigenvalue weighted by Gasteiger charge is -2.20. The molecular formula is C22H24N4O4. The van der Waals surface area contributed by atoms with Crippen molar-refractivity contribution in [3.63, 3.8) is 0 Å². The summed E-state index contributed by atoms with van der Waals surface area (Å²) in [5.74, 6) is 0.516. The molecule has 0 bridgehead atoms. The van der Waals surface area contributed by atoms with Gasteiger partial charge in [-0.25, -0.2) is 0 Å². The van der Waals surface area contributed by atoms with Gasteiger partial charge in [0.1, 0.15) is 6.04 Å². The molecule has 8 nitrogen and oxygen atoms in total. The van der Waals surface area contributed by atoms with Crippen molar-refractivity contribution in [2.45, 2.75) is 39.2 Å². The van der Waals surface area contributed by atoms with Gasteiger partial charge >= 0.3 is 0 Å². The summed E-state index contributed by atoms with van der Waals surface area (Å²) in [6.45, 7) is 4.02. The van der Waals surface area contributed by atoms with Gasteiger partial charge in [0, 0.05) is 24.1 Å². The van der Waals surface area contributed by atoms with Crippen molar-refractivity contribution >= 4 is 11.6 Å². The van der Waals surface area contributed by atoms with E-state index in [0.717, 1.165) is 12.0 Å². The van der Waals surface area contributed by atoms with Crippen LogP contribution in [0.15, 0.2) is 59.1 Å². The minimum Gasteiger partial charge on any atom is -0.344 e. The van der Waals surface area contributed by atoms with E-state index in [4.69, 9.17) is 4.52 Å². The molecule has 1 amide bonds. The molecule has 0 aliphatic rings. The zero-order valence-corrected chi connectivity index (χ0v) is 16.9. The van der Waals surface area contributed by atoms with Crippen LogP contribution in [-0.2, 0) is 11.2 Å². The lowest BCUT2D eigenvalue weighted by molar-refractivity contribution is -0.384. The van der Waals surface area contributed by atoms with E-state index in [-0.39, 0.29) is 23.3 Å². The van der Waals surface area contributed by atoms with Gasteiger partial charge in [-0.15, -0.1) is 0 Å². The average Bonchev–Trinajstić information content (AvgIpc) is 3.26. The molecule has 1 N–H and O–H groups in total. The topological polar surface area (TPSA) is 111 Å². The Bertz CT molecular complexity index is 1000. The second-order valence-electron chi connectivity index (χ2n) is 7.18. The van der Waals surface area contributed by atoms with Crippen molar-refractivity contribution in [2.75, 3.05) is 0 Å². The van der Waals surface area contributed by atoms with Crippen molar-refractivity contribution in [3.8, 4) is 11.4 Å². The van der Waals surface area contributed by atoms with E-state index in [0.29, 0.717) is 24.3 Å². The second-order valence-corrected chi connectivity index (χ2v) is 7.18. The first-order valence-corrected chi connectivity index (χ1v) is 9.89. The maximum Gasteiger partial charge on any atom is 0.270 e. The average molecular weight is 408 g/mol. The standard InChI is InChI=1S/C22H24N4O4/c1-3-15(2)20(23-19(27)13-12-16-8-5-4-6-9-16)22-24-21(25-30-22)17-10-7-11-18(14-17)26(28)29/h4-11,14-15,20H,3,12-13H2,1-2H3,(H,23,27). The van der Waals surface area contributed by atoms with Crippen LogP contribution >= 0.6 is 0 Å². The first-order valence-electron chi connectivity index (χ1n) is 9.89. The number of nitrogens with one attached hydrogen (secondary N) is 1. The van der Waals surface area contributed by atoms with E-state index in [1.807, 2.05) is 44.2 Å². The third-order valence-corrected chi connectivity index (χ3v) is 5.04. The van der Waals surface area contributed by atoms with Crippen molar-refractivity contribution in [2.24, 2.45) is 5.92 Å². The molecule has 0 spiro atoms. The largest absolute Gasteiger partial charge is 0.344 e. The molecule has 0 fully saturated rings. The molecule has 156 valence electrons. The zero-order chi connectivity index (χ0) is 21.5. The molecule has 8 heteroatoms. The van der Waals surface area contributed by atoms with Crippen LogP contribution < -0.4 is 5.32 Å². The van der Waals surface area contributed by atoms with Gasteiger partial charge < -0.3 is 9.84 Å². The van der Waals surface area contributed by atoms with E-state index in [2.05, 4.69) is 15.5 Å². The predicted molar refractivity (Wildman–Crippen MR) is 111 cm³/mol. The van der Waals surface area contributed by atoms with Crippen molar-refractivity contribution in [1.82, 2.24) is 15.5 Å². The number of hydrogen-bond acceptors (Lipinski definition) is 6. The number of nitro benzene ring substituents is 1. The van der Waals surface area contributed by atoms with Crippen LogP contribution in [0.2, 0.25) is 0 Å². The minimum absolute atomic E-state index is 0.0495. The summed E-state index contributed by atoms with van der Waals surface area (Å²) in [6.07, 6.45) is 1.80. The van der Waals surface area contributed by atoms with Crippen molar-refractivity contribution < 1.29 is 14.2 Å². The van der Waals surface area contributed by atoms with Gasteiger partial charge in [0.2, 0.25) is 17.6 Å². The summed E-state index contributed by atoms with van der Waals surface area (Å²) in [5, 5.41) is 18.0. The Hall–Kier alpha value is -3.55. The SMILES string of the molecule is CCC(C)C(NC(=O)CCc1ccccc1)c1nc(-c2cccc([N+](=O)[O-])c2)no1. The van der Waals surface area contributed by atoms with Crippen molar-refractivity contribution in [3.05, 3.63) is 76.2 Å². The molecule has 0 radical (unpaired) electrons. The number of benzene rings is 2. The number of aryl methyl sites for hydroxylation is 1. The molecule has 1 heterocycles. The smallest absolute Gasteiger partial charge is 0.270 e. The van der Waals surface area contributed by atoms with Crippen LogP contribution in [0, 0.1) is 16.0 Å². The number of rotatable bonds is 9. The lowest BCUT2D eigenvalue weighted by atomic mass is 9.98. The molecule has 2 atom stereocenters. The first-order chi connectivity index (χ1) is 14.5. The highest BCUT2D eigenvalue weighted by molar-refractivity contribution is 5.76. The Morgan fingerprint density at radius 3 is 2.67 bits per heavy atom. The van der Waals surface area contributed by atoms with E-state index < -0.39 is 11.0 Å². The Morgan fingerprint density at radius 1 is 1.20 bits per heavy atom. The highest BCUT2D eigenvalue weighted by atomic mass is 16.6. The zero-order valence-electron chi connectivity index (χ0n) is 16.9. The van der Waals surface area contributed by atoms with Crippen molar-refractivity contribution in [1.29, 1.82) is 0 Å². The van der Waals surface area contributed by atoms with Crippen LogP contribution in [-0.4, -0.2) is 21.0 Å². The summed E-state index contributed by atoms with van der Waals surface area (Å²) >= 11 is 0. The summed E-state index contributed by atoms with van der Waals surface area (Å²) in [7, 11) is 0. The molecule has 0 saturated carbocycles. The lowest BCUT2D eigenvalue weighted by Crippen LogP contribution is -2.32. The monoisotopic (exact) mass is 408 g/mol. The fourth-order valence-electron chi connectivity index (χ4n) is 3.07. The number of carbonyl (C=O) groups is 1. The molecule has 3 rings (SSSR count). The molecular weight excluding hydrogens is 384 g/mol. The van der Waals surface area contributed by atoms with Crippen LogP contribution in [0.4, 0.5) is 5.69 Å².